The molecule has 3 aliphatic rings. The zero-order valence-electron chi connectivity index (χ0n) is 21.5. The van der Waals surface area contributed by atoms with Gasteiger partial charge in [-0.15, -0.1) is 11.8 Å². The standard InChI is InChI=1S/C35H28O2S2/c1-2-6-29-23(5-1)9-18-32-34(29)30-7-3-4-8-31(30)35(32,24-10-14-26(15-11-24)36-21-28-22-39-28)25-12-16-27(17-13-25)37-33-19-20-38-33/h1-18,28,33H,19-22H2. The molecule has 3 atom stereocenters. The second-order valence-electron chi connectivity index (χ2n) is 10.5. The van der Waals surface area contributed by atoms with Gasteiger partial charge in [-0.05, 0) is 68.4 Å². The summed E-state index contributed by atoms with van der Waals surface area (Å²) in [6, 6.07) is 40.0. The van der Waals surface area contributed by atoms with Crippen molar-refractivity contribution in [1.29, 1.82) is 0 Å². The van der Waals surface area contributed by atoms with Crippen LogP contribution in [0.5, 0.6) is 11.5 Å². The van der Waals surface area contributed by atoms with Crippen LogP contribution in [0.3, 0.4) is 0 Å². The highest BCUT2D eigenvalue weighted by Crippen LogP contribution is 2.58. The van der Waals surface area contributed by atoms with E-state index in [0.29, 0.717) is 5.25 Å². The number of benzene rings is 5. The zero-order valence-corrected chi connectivity index (χ0v) is 23.1. The Morgan fingerprint density at radius 2 is 1.38 bits per heavy atom. The van der Waals surface area contributed by atoms with E-state index in [1.807, 2.05) is 23.5 Å². The predicted octanol–water partition coefficient (Wildman–Crippen LogP) is 8.54. The molecule has 0 spiro atoms. The zero-order chi connectivity index (χ0) is 25.8. The summed E-state index contributed by atoms with van der Waals surface area (Å²) in [6.45, 7) is 0.785. The fourth-order valence-corrected chi connectivity index (χ4v) is 7.24. The smallest absolute Gasteiger partial charge is 0.145 e. The van der Waals surface area contributed by atoms with E-state index < -0.39 is 5.41 Å². The predicted molar refractivity (Wildman–Crippen MR) is 164 cm³/mol. The summed E-state index contributed by atoms with van der Waals surface area (Å²) in [4.78, 5) is 0. The molecule has 0 amide bonds. The summed E-state index contributed by atoms with van der Waals surface area (Å²) < 4.78 is 12.3. The average molecular weight is 545 g/mol. The third-order valence-corrected chi connectivity index (χ3v) is 10.4. The highest BCUT2D eigenvalue weighted by atomic mass is 32.2. The van der Waals surface area contributed by atoms with Crippen LogP contribution in [0, 0.1) is 0 Å². The normalized spacial score (nSPS) is 22.6. The Labute approximate surface area is 237 Å². The molecule has 0 aromatic heterocycles. The van der Waals surface area contributed by atoms with Crippen LogP contribution in [0.1, 0.15) is 28.7 Å². The molecule has 3 unspecified atom stereocenters. The molecule has 0 radical (unpaired) electrons. The Kier molecular flexibility index (Phi) is 5.67. The van der Waals surface area contributed by atoms with Gasteiger partial charge >= 0.3 is 0 Å². The molecule has 0 bridgehead atoms. The average Bonchev–Trinajstić information content (AvgIpc) is 3.75. The van der Waals surface area contributed by atoms with Crippen molar-refractivity contribution >= 4 is 34.3 Å². The molecule has 0 N–H and O–H groups in total. The maximum atomic E-state index is 6.21. The lowest BCUT2D eigenvalue weighted by Crippen LogP contribution is -2.28. The summed E-state index contributed by atoms with van der Waals surface area (Å²) in [5.41, 5.74) is 7.63. The maximum Gasteiger partial charge on any atom is 0.145 e. The Bertz CT molecular complexity index is 1670. The Morgan fingerprint density at radius 3 is 2.10 bits per heavy atom. The number of rotatable bonds is 7. The molecule has 2 nitrogen and oxygen atoms in total. The van der Waals surface area contributed by atoms with Gasteiger partial charge in [0.2, 0.25) is 0 Å². The van der Waals surface area contributed by atoms with Crippen LogP contribution in [0.2, 0.25) is 0 Å². The number of fused-ring (bicyclic) bond motifs is 5. The van der Waals surface area contributed by atoms with Crippen LogP contribution in [0.4, 0.5) is 0 Å². The summed E-state index contributed by atoms with van der Waals surface area (Å²) in [5.74, 6) is 4.28. The first-order chi connectivity index (χ1) is 19.3. The van der Waals surface area contributed by atoms with Crippen molar-refractivity contribution in [2.24, 2.45) is 0 Å². The van der Waals surface area contributed by atoms with Crippen LogP contribution >= 0.6 is 23.5 Å². The number of thioether (sulfide) groups is 2. The fourth-order valence-electron chi connectivity index (χ4n) is 6.23. The van der Waals surface area contributed by atoms with E-state index in [2.05, 4.69) is 109 Å². The van der Waals surface area contributed by atoms with E-state index in [-0.39, 0.29) is 5.44 Å². The molecule has 39 heavy (non-hydrogen) atoms. The second-order valence-corrected chi connectivity index (χ2v) is 13.1. The molecule has 2 fully saturated rings. The van der Waals surface area contributed by atoms with Gasteiger partial charge in [0, 0.05) is 23.2 Å². The Morgan fingerprint density at radius 1 is 0.692 bits per heavy atom. The van der Waals surface area contributed by atoms with Crippen LogP contribution in [0.25, 0.3) is 21.9 Å². The van der Waals surface area contributed by atoms with E-state index in [1.54, 1.807) is 0 Å². The van der Waals surface area contributed by atoms with Gasteiger partial charge in [0.05, 0.1) is 5.41 Å². The minimum Gasteiger partial charge on any atom is -0.492 e. The van der Waals surface area contributed by atoms with Crippen LogP contribution in [-0.4, -0.2) is 28.8 Å². The van der Waals surface area contributed by atoms with Crippen molar-refractivity contribution in [3.63, 3.8) is 0 Å². The topological polar surface area (TPSA) is 18.5 Å². The highest BCUT2D eigenvalue weighted by molar-refractivity contribution is 8.06. The lowest BCUT2D eigenvalue weighted by atomic mass is 9.67. The molecule has 2 aliphatic heterocycles. The van der Waals surface area contributed by atoms with Crippen molar-refractivity contribution in [1.82, 2.24) is 0 Å². The SMILES string of the molecule is c1ccc2c(c1)-c1c(ccc3ccccc13)C2(c1ccc(OCC2CS2)cc1)c1ccc(OC2CCS2)cc1. The summed E-state index contributed by atoms with van der Waals surface area (Å²) in [6.07, 6.45) is 1.12. The minimum atomic E-state index is -0.440. The van der Waals surface area contributed by atoms with Gasteiger partial charge in [0.25, 0.3) is 0 Å². The number of hydrogen-bond donors (Lipinski definition) is 0. The molecule has 2 heterocycles. The maximum absolute atomic E-state index is 6.21. The van der Waals surface area contributed by atoms with E-state index >= 15 is 0 Å². The minimum absolute atomic E-state index is 0.283. The Balaban J connectivity index is 1.33. The van der Waals surface area contributed by atoms with Gasteiger partial charge in [-0.3, -0.25) is 0 Å². The molecular formula is C35H28O2S2. The number of ether oxygens (including phenoxy) is 2. The third-order valence-electron chi connectivity index (χ3n) is 8.27. The van der Waals surface area contributed by atoms with Gasteiger partial charge in [-0.25, -0.2) is 0 Å². The summed E-state index contributed by atoms with van der Waals surface area (Å²) >= 11 is 3.85. The largest absolute Gasteiger partial charge is 0.492 e. The highest BCUT2D eigenvalue weighted by Gasteiger charge is 2.46. The van der Waals surface area contributed by atoms with Gasteiger partial charge in [0.15, 0.2) is 0 Å². The van der Waals surface area contributed by atoms with Crippen molar-refractivity contribution in [2.75, 3.05) is 18.1 Å². The second kappa shape index (κ2) is 9.39. The quantitative estimate of drug-likeness (QED) is 0.187. The van der Waals surface area contributed by atoms with E-state index in [9.17, 15) is 0 Å². The van der Waals surface area contributed by atoms with Crippen LogP contribution < -0.4 is 9.47 Å². The van der Waals surface area contributed by atoms with Crippen molar-refractivity contribution in [2.45, 2.75) is 22.5 Å². The summed E-state index contributed by atoms with van der Waals surface area (Å²) in [5, 5.41) is 3.22. The van der Waals surface area contributed by atoms with E-state index in [1.165, 1.54) is 55.7 Å². The fraction of sp³-hybridized carbons (Fsp3) is 0.200. The van der Waals surface area contributed by atoms with Crippen LogP contribution in [0.15, 0.2) is 109 Å². The molecule has 2 saturated heterocycles. The summed E-state index contributed by atoms with van der Waals surface area (Å²) in [7, 11) is 0. The molecule has 4 heteroatoms. The van der Waals surface area contributed by atoms with Crippen LogP contribution in [-0.2, 0) is 5.41 Å². The first-order valence-corrected chi connectivity index (χ1v) is 15.8. The lowest BCUT2D eigenvalue weighted by molar-refractivity contribution is 0.271. The molecule has 0 saturated carbocycles. The van der Waals surface area contributed by atoms with Gasteiger partial charge < -0.3 is 9.47 Å². The third kappa shape index (κ3) is 3.88. The van der Waals surface area contributed by atoms with Crippen molar-refractivity contribution < 1.29 is 9.47 Å². The van der Waals surface area contributed by atoms with Crippen molar-refractivity contribution in [3.8, 4) is 22.6 Å². The van der Waals surface area contributed by atoms with Crippen molar-refractivity contribution in [3.05, 3.63) is 131 Å². The molecule has 5 aromatic rings. The van der Waals surface area contributed by atoms with Gasteiger partial charge in [-0.1, -0.05) is 84.9 Å². The molecular weight excluding hydrogens is 517 g/mol. The molecule has 192 valence electrons. The van der Waals surface area contributed by atoms with E-state index in [0.717, 1.165) is 24.5 Å². The van der Waals surface area contributed by atoms with Gasteiger partial charge in [0.1, 0.15) is 23.5 Å². The molecule has 5 aromatic carbocycles. The first-order valence-electron chi connectivity index (χ1n) is 13.7. The lowest BCUT2D eigenvalue weighted by Gasteiger charge is -2.34. The molecule has 8 rings (SSSR count). The van der Waals surface area contributed by atoms with Gasteiger partial charge in [-0.2, -0.15) is 11.8 Å². The number of hydrogen-bond acceptors (Lipinski definition) is 4. The monoisotopic (exact) mass is 544 g/mol. The molecule has 1 aliphatic carbocycles. The Hall–Kier alpha value is -3.34. The first kappa shape index (κ1) is 23.5. The van der Waals surface area contributed by atoms with E-state index in [4.69, 9.17) is 9.47 Å².